The molecular formula is C22H22BrN5O4. The third-order valence-electron chi connectivity index (χ3n) is 5.02. The van der Waals surface area contributed by atoms with Crippen molar-refractivity contribution in [3.8, 4) is 11.5 Å². The summed E-state index contributed by atoms with van der Waals surface area (Å²) < 4.78 is 19.4. The Kier molecular flexibility index (Phi) is 6.40. The minimum Gasteiger partial charge on any atom is -0.493 e. The summed E-state index contributed by atoms with van der Waals surface area (Å²) in [7, 11) is 1.57. The summed E-state index contributed by atoms with van der Waals surface area (Å²) in [6, 6.07) is 12.8. The number of carbonyl (C=O) groups excluding carboxylic acids is 1. The van der Waals surface area contributed by atoms with Gasteiger partial charge in [-0.25, -0.2) is 4.79 Å². The lowest BCUT2D eigenvalue weighted by molar-refractivity contribution is -0.139. The van der Waals surface area contributed by atoms with E-state index >= 15 is 0 Å². The molecule has 32 heavy (non-hydrogen) atoms. The van der Waals surface area contributed by atoms with Gasteiger partial charge >= 0.3 is 5.97 Å². The van der Waals surface area contributed by atoms with E-state index in [-0.39, 0.29) is 6.61 Å². The number of ether oxygens (including phenoxy) is 3. The average Bonchev–Trinajstić information content (AvgIpc) is 3.25. The summed E-state index contributed by atoms with van der Waals surface area (Å²) in [5.74, 6) is 1.13. The molecule has 4 rings (SSSR count). The molecule has 10 heteroatoms. The van der Waals surface area contributed by atoms with Gasteiger partial charge in [-0.3, -0.25) is 0 Å². The number of aromatic nitrogens is 4. The second-order valence-corrected chi connectivity index (χ2v) is 7.97. The predicted molar refractivity (Wildman–Crippen MR) is 120 cm³/mol. The van der Waals surface area contributed by atoms with Crippen molar-refractivity contribution in [1.29, 1.82) is 0 Å². The van der Waals surface area contributed by atoms with Gasteiger partial charge in [0.05, 0.1) is 19.3 Å². The van der Waals surface area contributed by atoms with Crippen LogP contribution in [0, 0.1) is 0 Å². The molecule has 1 aromatic heterocycles. The van der Waals surface area contributed by atoms with E-state index in [1.54, 1.807) is 25.6 Å². The molecule has 166 valence electrons. The summed E-state index contributed by atoms with van der Waals surface area (Å²) in [6.07, 6.45) is 0. The quantitative estimate of drug-likeness (QED) is 0.488. The summed E-state index contributed by atoms with van der Waals surface area (Å²) in [5.41, 5.74) is 2.84. The highest BCUT2D eigenvalue weighted by Crippen LogP contribution is 2.38. The molecule has 2 aromatic carbocycles. The van der Waals surface area contributed by atoms with Gasteiger partial charge in [-0.05, 0) is 59.7 Å². The Hall–Kier alpha value is -3.40. The Morgan fingerprint density at radius 1 is 1.19 bits per heavy atom. The zero-order valence-corrected chi connectivity index (χ0v) is 19.4. The molecule has 0 amide bonds. The molecule has 0 bridgehead atoms. The number of methoxy groups -OCH3 is 1. The van der Waals surface area contributed by atoms with Crippen LogP contribution in [-0.2, 0) is 16.1 Å². The van der Waals surface area contributed by atoms with Gasteiger partial charge in [-0.15, -0.1) is 0 Å². The molecule has 1 unspecified atom stereocenters. The molecular weight excluding hydrogens is 478 g/mol. The van der Waals surface area contributed by atoms with Crippen molar-refractivity contribution in [1.82, 2.24) is 20.2 Å². The van der Waals surface area contributed by atoms with E-state index in [0.717, 1.165) is 15.6 Å². The average molecular weight is 500 g/mol. The summed E-state index contributed by atoms with van der Waals surface area (Å²) in [4.78, 5) is 12.8. The largest absolute Gasteiger partial charge is 0.493 e. The molecule has 1 N–H and O–H groups in total. The van der Waals surface area contributed by atoms with Crippen LogP contribution in [0.15, 0.2) is 58.2 Å². The van der Waals surface area contributed by atoms with Gasteiger partial charge in [0.1, 0.15) is 12.6 Å². The van der Waals surface area contributed by atoms with E-state index < -0.39 is 12.0 Å². The van der Waals surface area contributed by atoms with Crippen LogP contribution in [-0.4, -0.2) is 39.9 Å². The molecule has 1 aliphatic heterocycles. The monoisotopic (exact) mass is 499 g/mol. The van der Waals surface area contributed by atoms with Crippen LogP contribution in [0.5, 0.6) is 11.5 Å². The Morgan fingerprint density at radius 3 is 2.69 bits per heavy atom. The molecule has 9 nitrogen and oxygen atoms in total. The fourth-order valence-corrected chi connectivity index (χ4v) is 3.77. The molecule has 0 fully saturated rings. The number of halogens is 1. The van der Waals surface area contributed by atoms with Crippen LogP contribution in [0.1, 0.15) is 31.0 Å². The van der Waals surface area contributed by atoms with E-state index in [2.05, 4.69) is 36.8 Å². The second kappa shape index (κ2) is 9.39. The van der Waals surface area contributed by atoms with E-state index in [1.807, 2.05) is 42.5 Å². The summed E-state index contributed by atoms with van der Waals surface area (Å²) >= 11 is 3.43. The first-order valence-electron chi connectivity index (χ1n) is 9.99. The Balaban J connectivity index is 1.67. The van der Waals surface area contributed by atoms with Crippen molar-refractivity contribution >= 4 is 27.8 Å². The number of hydrogen-bond donors (Lipinski definition) is 1. The lowest BCUT2D eigenvalue weighted by Gasteiger charge is -2.27. The van der Waals surface area contributed by atoms with Gasteiger partial charge in [0.2, 0.25) is 5.95 Å². The van der Waals surface area contributed by atoms with Crippen molar-refractivity contribution in [3.05, 3.63) is 69.3 Å². The number of nitrogens with zero attached hydrogens (tertiary/aromatic N) is 4. The van der Waals surface area contributed by atoms with Crippen LogP contribution in [0.25, 0.3) is 0 Å². The zero-order chi connectivity index (χ0) is 22.7. The molecule has 1 atom stereocenters. The Morgan fingerprint density at radius 2 is 1.97 bits per heavy atom. The van der Waals surface area contributed by atoms with E-state index in [1.165, 1.54) is 0 Å². The smallest absolute Gasteiger partial charge is 0.338 e. The summed E-state index contributed by atoms with van der Waals surface area (Å²) in [5, 5.41) is 14.9. The van der Waals surface area contributed by atoms with E-state index in [9.17, 15) is 4.79 Å². The van der Waals surface area contributed by atoms with E-state index in [0.29, 0.717) is 35.3 Å². The SMILES string of the molecule is CCOC(=O)C1=C(C)Nc2nnnn2C1c1ccc(OCc2ccc(Br)cc2)c(OC)c1. The number of nitrogens with one attached hydrogen (secondary N) is 1. The number of fused-ring (bicyclic) bond motifs is 1. The number of rotatable bonds is 7. The maximum atomic E-state index is 12.8. The molecule has 0 saturated heterocycles. The van der Waals surface area contributed by atoms with Crippen molar-refractivity contribution in [2.75, 3.05) is 19.0 Å². The number of anilines is 1. The highest BCUT2D eigenvalue weighted by molar-refractivity contribution is 9.10. The maximum Gasteiger partial charge on any atom is 0.338 e. The number of allylic oxidation sites excluding steroid dienone is 1. The summed E-state index contributed by atoms with van der Waals surface area (Å²) in [6.45, 7) is 4.21. The highest BCUT2D eigenvalue weighted by Gasteiger charge is 2.35. The lowest BCUT2D eigenvalue weighted by Crippen LogP contribution is -2.29. The third-order valence-corrected chi connectivity index (χ3v) is 5.55. The Bertz CT molecular complexity index is 1160. The molecule has 3 aromatic rings. The predicted octanol–water partition coefficient (Wildman–Crippen LogP) is 3.88. The number of tetrazole rings is 1. The first kappa shape index (κ1) is 21.8. The topological polar surface area (TPSA) is 100 Å². The van der Waals surface area contributed by atoms with Gasteiger partial charge in [0.15, 0.2) is 11.5 Å². The maximum absolute atomic E-state index is 12.8. The molecule has 0 aliphatic carbocycles. The standard InChI is InChI=1S/C22H22BrN5O4/c1-4-31-21(29)19-13(2)24-22-25-26-27-28(22)20(19)15-7-10-17(18(11-15)30-3)32-12-14-5-8-16(23)9-6-14/h5-11,20H,4,12H2,1-3H3,(H,24,25,27). The fraction of sp³-hybridized carbons (Fsp3) is 0.273. The van der Waals surface area contributed by atoms with Gasteiger partial charge < -0.3 is 19.5 Å². The molecule has 1 aliphatic rings. The second-order valence-electron chi connectivity index (χ2n) is 7.06. The molecule has 2 heterocycles. The number of hydrogen-bond acceptors (Lipinski definition) is 8. The normalized spacial score (nSPS) is 15.1. The van der Waals surface area contributed by atoms with Crippen molar-refractivity contribution in [2.45, 2.75) is 26.5 Å². The molecule has 0 radical (unpaired) electrons. The van der Waals surface area contributed by atoms with Gasteiger partial charge in [0.25, 0.3) is 0 Å². The first-order chi connectivity index (χ1) is 15.5. The van der Waals surface area contributed by atoms with Crippen LogP contribution < -0.4 is 14.8 Å². The number of carbonyl (C=O) groups is 1. The first-order valence-corrected chi connectivity index (χ1v) is 10.8. The minimum absolute atomic E-state index is 0.261. The zero-order valence-electron chi connectivity index (χ0n) is 17.8. The third kappa shape index (κ3) is 4.31. The number of benzene rings is 2. The molecule has 0 spiro atoms. The van der Waals surface area contributed by atoms with Crippen LogP contribution in [0.4, 0.5) is 5.95 Å². The number of esters is 1. The van der Waals surface area contributed by atoms with E-state index in [4.69, 9.17) is 14.2 Å². The van der Waals surface area contributed by atoms with Gasteiger partial charge in [-0.1, -0.05) is 39.2 Å². The lowest BCUT2D eigenvalue weighted by atomic mass is 9.95. The molecule has 0 saturated carbocycles. The van der Waals surface area contributed by atoms with Crippen molar-refractivity contribution in [2.24, 2.45) is 0 Å². The van der Waals surface area contributed by atoms with Gasteiger partial charge in [0, 0.05) is 10.2 Å². The van der Waals surface area contributed by atoms with Crippen LogP contribution >= 0.6 is 15.9 Å². The highest BCUT2D eigenvalue weighted by atomic mass is 79.9. The fourth-order valence-electron chi connectivity index (χ4n) is 3.51. The van der Waals surface area contributed by atoms with Crippen molar-refractivity contribution < 1.29 is 19.0 Å². The van der Waals surface area contributed by atoms with Gasteiger partial charge in [-0.2, -0.15) is 4.68 Å². The van der Waals surface area contributed by atoms with Crippen LogP contribution in [0.2, 0.25) is 0 Å². The Labute approximate surface area is 193 Å². The minimum atomic E-state index is -0.574. The van der Waals surface area contributed by atoms with Crippen LogP contribution in [0.3, 0.4) is 0 Å². The van der Waals surface area contributed by atoms with Crippen molar-refractivity contribution in [3.63, 3.8) is 0 Å².